The highest BCUT2D eigenvalue weighted by Gasteiger charge is 2.28. The van der Waals surface area contributed by atoms with Crippen molar-refractivity contribution in [3.63, 3.8) is 0 Å². The molecule has 1 aromatic rings. The third kappa shape index (κ3) is 3.52. The number of benzene rings is 1. The van der Waals surface area contributed by atoms with Crippen LogP contribution in [0.4, 0.5) is 10.1 Å². The molecule has 0 spiro atoms. The van der Waals surface area contributed by atoms with Crippen LogP contribution in [0, 0.1) is 22.9 Å². The van der Waals surface area contributed by atoms with Crippen molar-refractivity contribution in [1.29, 1.82) is 0 Å². The number of likely N-dealkylation sites (N-methyl/N-ethyl adjacent to an activating group) is 1. The summed E-state index contributed by atoms with van der Waals surface area (Å²) in [6.45, 7) is 0.731. The monoisotopic (exact) mass is 320 g/mol. The van der Waals surface area contributed by atoms with Gasteiger partial charge in [-0.15, -0.1) is 0 Å². The third-order valence-electron chi connectivity index (χ3n) is 2.71. The lowest BCUT2D eigenvalue weighted by Gasteiger charge is -2.17. The van der Waals surface area contributed by atoms with Gasteiger partial charge in [0.1, 0.15) is 6.54 Å². The summed E-state index contributed by atoms with van der Waals surface area (Å²) in [6, 6.07) is 1.39. The van der Waals surface area contributed by atoms with Gasteiger partial charge in [-0.25, -0.2) is 8.42 Å². The van der Waals surface area contributed by atoms with Gasteiger partial charge in [0.05, 0.1) is 16.9 Å². The van der Waals surface area contributed by atoms with Gasteiger partial charge < -0.3 is 4.74 Å². The van der Waals surface area contributed by atoms with E-state index in [0.717, 1.165) is 20.2 Å². The minimum atomic E-state index is -4.19. The number of carbonyl (C=O) groups excluding carboxylic acids is 1. The van der Waals surface area contributed by atoms with Crippen LogP contribution in [-0.4, -0.2) is 44.3 Å². The summed E-state index contributed by atoms with van der Waals surface area (Å²) in [6.07, 6.45) is 0. The summed E-state index contributed by atoms with van der Waals surface area (Å²) >= 11 is 0. The summed E-state index contributed by atoms with van der Waals surface area (Å²) in [7, 11) is -1.98. The van der Waals surface area contributed by atoms with E-state index in [0.29, 0.717) is 10.4 Å². The molecule has 116 valence electrons. The van der Waals surface area contributed by atoms with Gasteiger partial charge in [0, 0.05) is 13.1 Å². The SMILES string of the molecule is COC(=O)CN(C)S(=O)(=O)c1cc([N+](=O)[O-])c(F)cc1C. The van der Waals surface area contributed by atoms with Crippen molar-refractivity contribution in [2.45, 2.75) is 11.8 Å². The van der Waals surface area contributed by atoms with Crippen molar-refractivity contribution in [3.8, 4) is 0 Å². The van der Waals surface area contributed by atoms with Gasteiger partial charge in [0.2, 0.25) is 15.8 Å². The minimum Gasteiger partial charge on any atom is -0.468 e. The standard InChI is InChI=1S/C11H13FN2O6S/c1-7-4-8(12)9(14(16)17)5-10(7)21(18,19)13(2)6-11(15)20-3/h4-5H,6H2,1-3H3. The predicted octanol–water partition coefficient (Wildman–Crippen LogP) is 0.836. The van der Waals surface area contributed by atoms with Gasteiger partial charge in [0.15, 0.2) is 0 Å². The first-order valence-electron chi connectivity index (χ1n) is 5.59. The zero-order valence-corrected chi connectivity index (χ0v) is 12.3. The van der Waals surface area contributed by atoms with Gasteiger partial charge in [-0.2, -0.15) is 8.70 Å². The molecule has 0 unspecified atom stereocenters. The molecule has 0 amide bonds. The van der Waals surface area contributed by atoms with Crippen LogP contribution in [0.25, 0.3) is 0 Å². The zero-order chi connectivity index (χ0) is 16.4. The fourth-order valence-corrected chi connectivity index (χ4v) is 2.90. The number of ether oxygens (including phenoxy) is 1. The van der Waals surface area contributed by atoms with Crippen molar-refractivity contribution in [1.82, 2.24) is 4.31 Å². The molecule has 0 bridgehead atoms. The molecule has 0 radical (unpaired) electrons. The molecule has 0 N–H and O–H groups in total. The van der Waals surface area contributed by atoms with Gasteiger partial charge in [-0.3, -0.25) is 14.9 Å². The lowest BCUT2D eigenvalue weighted by atomic mass is 10.2. The number of sulfonamides is 1. The Morgan fingerprint density at radius 1 is 1.48 bits per heavy atom. The van der Waals surface area contributed by atoms with E-state index in [-0.39, 0.29) is 5.56 Å². The van der Waals surface area contributed by atoms with Crippen LogP contribution in [0.3, 0.4) is 0 Å². The molecule has 8 nitrogen and oxygen atoms in total. The molecule has 0 aliphatic carbocycles. The quantitative estimate of drug-likeness (QED) is 0.452. The maximum absolute atomic E-state index is 13.4. The number of nitro benzene ring substituents is 1. The molecule has 0 atom stereocenters. The Morgan fingerprint density at radius 2 is 2.05 bits per heavy atom. The molecule has 0 saturated heterocycles. The first kappa shape index (κ1) is 17.0. The zero-order valence-electron chi connectivity index (χ0n) is 11.5. The molecular formula is C11H13FN2O6S. The number of rotatable bonds is 5. The number of methoxy groups -OCH3 is 1. The summed E-state index contributed by atoms with van der Waals surface area (Å²) in [4.78, 5) is 20.3. The van der Waals surface area contributed by atoms with Gasteiger partial charge in [-0.1, -0.05) is 0 Å². The average Bonchev–Trinajstić information content (AvgIpc) is 2.37. The Labute approximate surface area is 120 Å². The van der Waals surface area contributed by atoms with E-state index in [9.17, 15) is 27.7 Å². The molecule has 0 aliphatic rings. The third-order valence-corrected chi connectivity index (χ3v) is 4.65. The van der Waals surface area contributed by atoms with Crippen LogP contribution < -0.4 is 0 Å². The predicted molar refractivity (Wildman–Crippen MR) is 69.6 cm³/mol. The first-order chi connectivity index (χ1) is 9.61. The molecular weight excluding hydrogens is 307 g/mol. The van der Waals surface area contributed by atoms with Gasteiger partial charge in [-0.05, 0) is 18.6 Å². The van der Waals surface area contributed by atoms with E-state index in [1.807, 2.05) is 0 Å². The average molecular weight is 320 g/mol. The van der Waals surface area contributed by atoms with Crippen molar-refractivity contribution in [2.24, 2.45) is 0 Å². The number of hydrogen-bond acceptors (Lipinski definition) is 6. The maximum atomic E-state index is 13.4. The van der Waals surface area contributed by atoms with Crippen LogP contribution in [0.5, 0.6) is 0 Å². The molecule has 0 saturated carbocycles. The largest absolute Gasteiger partial charge is 0.468 e. The number of carbonyl (C=O) groups is 1. The Bertz CT molecular complexity index is 688. The molecule has 21 heavy (non-hydrogen) atoms. The van der Waals surface area contributed by atoms with Crippen molar-refractivity contribution >= 4 is 21.7 Å². The minimum absolute atomic E-state index is 0.00480. The van der Waals surface area contributed by atoms with Crippen LogP contribution in [0.1, 0.15) is 5.56 Å². The Kier molecular flexibility index (Phi) is 4.97. The molecule has 10 heteroatoms. The molecule has 0 fully saturated rings. The topological polar surface area (TPSA) is 107 Å². The van der Waals surface area contributed by atoms with E-state index in [1.165, 1.54) is 6.92 Å². The van der Waals surface area contributed by atoms with Gasteiger partial charge >= 0.3 is 11.7 Å². The Hall–Kier alpha value is -2.07. The van der Waals surface area contributed by atoms with E-state index < -0.39 is 43.9 Å². The molecule has 0 aromatic heterocycles. The number of halogens is 1. The van der Waals surface area contributed by atoms with Crippen LogP contribution in [-0.2, 0) is 19.6 Å². The first-order valence-corrected chi connectivity index (χ1v) is 7.03. The second kappa shape index (κ2) is 6.14. The maximum Gasteiger partial charge on any atom is 0.321 e. The second-order valence-electron chi connectivity index (χ2n) is 4.16. The molecule has 0 aliphatic heterocycles. The van der Waals surface area contributed by atoms with E-state index in [4.69, 9.17) is 0 Å². The highest BCUT2D eigenvalue weighted by Crippen LogP contribution is 2.27. The van der Waals surface area contributed by atoms with Gasteiger partial charge in [0.25, 0.3) is 0 Å². The lowest BCUT2D eigenvalue weighted by molar-refractivity contribution is -0.387. The summed E-state index contributed by atoms with van der Waals surface area (Å²) in [5, 5.41) is 10.7. The van der Waals surface area contributed by atoms with Crippen molar-refractivity contribution < 1.29 is 27.3 Å². The highest BCUT2D eigenvalue weighted by atomic mass is 32.2. The van der Waals surface area contributed by atoms with E-state index in [2.05, 4.69) is 4.74 Å². The Morgan fingerprint density at radius 3 is 2.52 bits per heavy atom. The smallest absolute Gasteiger partial charge is 0.321 e. The Balaban J connectivity index is 3.34. The number of esters is 1. The number of hydrogen-bond donors (Lipinski definition) is 0. The normalized spacial score (nSPS) is 11.5. The van der Waals surface area contributed by atoms with Crippen LogP contribution in [0.2, 0.25) is 0 Å². The molecule has 1 rings (SSSR count). The van der Waals surface area contributed by atoms with Crippen LogP contribution in [0.15, 0.2) is 17.0 Å². The lowest BCUT2D eigenvalue weighted by Crippen LogP contribution is -2.33. The molecule has 1 aromatic carbocycles. The van der Waals surface area contributed by atoms with Crippen molar-refractivity contribution in [3.05, 3.63) is 33.6 Å². The number of nitro groups is 1. The van der Waals surface area contributed by atoms with Crippen LogP contribution >= 0.6 is 0 Å². The van der Waals surface area contributed by atoms with E-state index in [1.54, 1.807) is 0 Å². The number of aryl methyl sites for hydroxylation is 1. The summed E-state index contributed by atoms with van der Waals surface area (Å²) < 4.78 is 43.0. The van der Waals surface area contributed by atoms with E-state index >= 15 is 0 Å². The molecule has 0 heterocycles. The summed E-state index contributed by atoms with van der Waals surface area (Å²) in [5.74, 6) is -1.93. The van der Waals surface area contributed by atoms with Crippen molar-refractivity contribution in [2.75, 3.05) is 20.7 Å². The highest BCUT2D eigenvalue weighted by molar-refractivity contribution is 7.89. The second-order valence-corrected chi connectivity index (χ2v) is 6.18. The summed E-state index contributed by atoms with van der Waals surface area (Å²) in [5.41, 5.74) is -0.958. The fourth-order valence-electron chi connectivity index (χ4n) is 1.56. The number of nitrogens with zero attached hydrogens (tertiary/aromatic N) is 2. The fraction of sp³-hybridized carbons (Fsp3) is 0.364.